The number of hydrogen-bond donors (Lipinski definition) is 1. The Morgan fingerprint density at radius 1 is 1.43 bits per heavy atom. The molecule has 2 rings (SSSR count). The molecule has 1 heterocycles. The Labute approximate surface area is 125 Å². The highest BCUT2D eigenvalue weighted by Crippen LogP contribution is 2.41. The van der Waals surface area contributed by atoms with Gasteiger partial charge in [0.05, 0.1) is 6.54 Å². The fourth-order valence-corrected chi connectivity index (χ4v) is 2.30. The average Bonchev–Trinajstić information content (AvgIpc) is 2.76. The minimum atomic E-state index is -0.187. The molecule has 0 fully saturated rings. The van der Waals surface area contributed by atoms with E-state index >= 15 is 0 Å². The normalized spacial score (nSPS) is 15.2. The van der Waals surface area contributed by atoms with Crippen molar-refractivity contribution in [2.45, 2.75) is 32.8 Å². The molecule has 1 aliphatic rings. The van der Waals surface area contributed by atoms with Crippen molar-refractivity contribution in [1.82, 2.24) is 5.32 Å². The largest absolute Gasteiger partial charge is 0.488 e. The van der Waals surface area contributed by atoms with Gasteiger partial charge < -0.3 is 19.5 Å². The van der Waals surface area contributed by atoms with E-state index < -0.39 is 0 Å². The molecule has 5 heteroatoms. The first-order valence-electron chi connectivity index (χ1n) is 7.30. The van der Waals surface area contributed by atoms with Gasteiger partial charge >= 0.3 is 0 Å². The fourth-order valence-electron chi connectivity index (χ4n) is 2.30. The van der Waals surface area contributed by atoms with Gasteiger partial charge in [-0.25, -0.2) is 0 Å². The van der Waals surface area contributed by atoms with E-state index in [1.807, 2.05) is 19.1 Å². The van der Waals surface area contributed by atoms with Gasteiger partial charge in [-0.15, -0.1) is 0 Å². The Bertz CT molecular complexity index is 499. The second-order valence-electron chi connectivity index (χ2n) is 5.62. The predicted octanol–water partition coefficient (Wildman–Crippen LogP) is 1.93. The lowest BCUT2D eigenvalue weighted by Gasteiger charge is -2.18. The third kappa shape index (κ3) is 4.36. The number of carbonyl (C=O) groups excluding carboxylic acids is 1. The maximum absolute atomic E-state index is 11.4. The summed E-state index contributed by atoms with van der Waals surface area (Å²) in [5.74, 6) is 1.43. The minimum Gasteiger partial charge on any atom is -0.488 e. The molecule has 0 saturated carbocycles. The van der Waals surface area contributed by atoms with Crippen LogP contribution in [-0.4, -0.2) is 37.9 Å². The van der Waals surface area contributed by atoms with Crippen LogP contribution in [0.3, 0.4) is 0 Å². The SMILES string of the molecule is CCOCC(=O)NCCOc1cccc2c1OC(C)(C)C2. The lowest BCUT2D eigenvalue weighted by molar-refractivity contribution is -0.125. The van der Waals surface area contributed by atoms with Gasteiger partial charge in [0.2, 0.25) is 5.91 Å². The fraction of sp³-hybridized carbons (Fsp3) is 0.562. The standard InChI is InChI=1S/C16H23NO4/c1-4-19-11-14(18)17-8-9-20-13-7-5-6-12-10-16(2,3)21-15(12)13/h5-7H,4,8-11H2,1-3H3,(H,17,18). The second kappa shape index (κ2) is 6.80. The zero-order valence-electron chi connectivity index (χ0n) is 12.9. The van der Waals surface area contributed by atoms with Gasteiger partial charge in [0.15, 0.2) is 11.5 Å². The van der Waals surface area contributed by atoms with Gasteiger partial charge in [0.1, 0.15) is 18.8 Å². The van der Waals surface area contributed by atoms with Gasteiger partial charge in [-0.1, -0.05) is 12.1 Å². The van der Waals surface area contributed by atoms with Crippen molar-refractivity contribution >= 4 is 5.91 Å². The Kier molecular flexibility index (Phi) is 5.07. The summed E-state index contributed by atoms with van der Waals surface area (Å²) in [6.07, 6.45) is 0.880. The van der Waals surface area contributed by atoms with Crippen LogP contribution in [0.15, 0.2) is 18.2 Å². The number of benzene rings is 1. The molecule has 0 radical (unpaired) electrons. The van der Waals surface area contributed by atoms with Crippen LogP contribution < -0.4 is 14.8 Å². The summed E-state index contributed by atoms with van der Waals surface area (Å²) >= 11 is 0. The van der Waals surface area contributed by atoms with E-state index in [0.717, 1.165) is 23.5 Å². The molecule has 1 aromatic rings. The summed E-state index contributed by atoms with van der Waals surface area (Å²) < 4.78 is 16.7. The molecule has 1 N–H and O–H groups in total. The quantitative estimate of drug-likeness (QED) is 0.781. The molecule has 116 valence electrons. The molecule has 5 nitrogen and oxygen atoms in total. The topological polar surface area (TPSA) is 56.8 Å². The molecule has 0 spiro atoms. The Morgan fingerprint density at radius 2 is 2.24 bits per heavy atom. The van der Waals surface area contributed by atoms with Gasteiger partial charge in [-0.3, -0.25) is 4.79 Å². The van der Waals surface area contributed by atoms with E-state index in [1.165, 1.54) is 0 Å². The molecule has 0 aromatic heterocycles. The van der Waals surface area contributed by atoms with Gasteiger partial charge in [0, 0.05) is 18.6 Å². The monoisotopic (exact) mass is 293 g/mol. The summed E-state index contributed by atoms with van der Waals surface area (Å²) in [5.41, 5.74) is 0.978. The highest BCUT2D eigenvalue weighted by atomic mass is 16.5. The predicted molar refractivity (Wildman–Crippen MR) is 79.9 cm³/mol. The molecule has 1 aromatic carbocycles. The number of rotatable bonds is 7. The molecule has 0 aliphatic carbocycles. The first kappa shape index (κ1) is 15.6. The van der Waals surface area contributed by atoms with Crippen LogP contribution >= 0.6 is 0 Å². The van der Waals surface area contributed by atoms with E-state index in [4.69, 9.17) is 14.2 Å². The van der Waals surface area contributed by atoms with Crippen LogP contribution in [0.1, 0.15) is 26.3 Å². The smallest absolute Gasteiger partial charge is 0.246 e. The third-order valence-corrected chi connectivity index (χ3v) is 3.17. The van der Waals surface area contributed by atoms with Crippen molar-refractivity contribution < 1.29 is 19.0 Å². The number of carbonyl (C=O) groups is 1. The second-order valence-corrected chi connectivity index (χ2v) is 5.62. The van der Waals surface area contributed by atoms with Crippen LogP contribution in [-0.2, 0) is 16.0 Å². The highest BCUT2D eigenvalue weighted by Gasteiger charge is 2.32. The molecule has 0 saturated heterocycles. The number of hydrogen-bond acceptors (Lipinski definition) is 4. The van der Waals surface area contributed by atoms with E-state index in [1.54, 1.807) is 0 Å². The molecular weight excluding hydrogens is 270 g/mol. The maximum atomic E-state index is 11.4. The van der Waals surface area contributed by atoms with E-state index in [0.29, 0.717) is 19.8 Å². The number of para-hydroxylation sites is 1. The molecule has 1 aliphatic heterocycles. The van der Waals surface area contributed by atoms with Gasteiger partial charge in [0.25, 0.3) is 0 Å². The lowest BCUT2D eigenvalue weighted by atomic mass is 10.0. The van der Waals surface area contributed by atoms with Gasteiger partial charge in [-0.2, -0.15) is 0 Å². The Balaban J connectivity index is 1.80. The average molecular weight is 293 g/mol. The van der Waals surface area contributed by atoms with Gasteiger partial charge in [-0.05, 0) is 26.8 Å². The molecular formula is C16H23NO4. The van der Waals surface area contributed by atoms with Crippen molar-refractivity contribution in [3.63, 3.8) is 0 Å². The third-order valence-electron chi connectivity index (χ3n) is 3.17. The Hall–Kier alpha value is -1.75. The molecule has 1 amide bonds. The van der Waals surface area contributed by atoms with E-state index in [9.17, 15) is 4.79 Å². The summed E-state index contributed by atoms with van der Waals surface area (Å²) in [6, 6.07) is 5.91. The van der Waals surface area contributed by atoms with Crippen LogP contribution in [0.25, 0.3) is 0 Å². The molecule has 0 bridgehead atoms. The zero-order chi connectivity index (χ0) is 15.3. The first-order chi connectivity index (χ1) is 10.0. The highest BCUT2D eigenvalue weighted by molar-refractivity contribution is 5.77. The van der Waals surface area contributed by atoms with Crippen LogP contribution in [0.2, 0.25) is 0 Å². The maximum Gasteiger partial charge on any atom is 0.246 e. The number of nitrogens with one attached hydrogen (secondary N) is 1. The molecule has 0 atom stereocenters. The number of amides is 1. The summed E-state index contributed by atoms with van der Waals surface area (Å²) in [6.45, 7) is 7.45. The van der Waals surface area contributed by atoms with Crippen molar-refractivity contribution in [3.05, 3.63) is 23.8 Å². The number of fused-ring (bicyclic) bond motifs is 1. The Morgan fingerprint density at radius 3 is 3.00 bits per heavy atom. The van der Waals surface area contributed by atoms with Crippen molar-refractivity contribution in [3.8, 4) is 11.5 Å². The first-order valence-corrected chi connectivity index (χ1v) is 7.30. The lowest BCUT2D eigenvalue weighted by Crippen LogP contribution is -2.31. The van der Waals surface area contributed by atoms with Crippen molar-refractivity contribution in [2.24, 2.45) is 0 Å². The summed E-state index contributed by atoms with van der Waals surface area (Å²) in [7, 11) is 0. The van der Waals surface area contributed by atoms with E-state index in [2.05, 4.69) is 25.2 Å². The van der Waals surface area contributed by atoms with Crippen molar-refractivity contribution in [1.29, 1.82) is 0 Å². The molecule has 21 heavy (non-hydrogen) atoms. The van der Waals surface area contributed by atoms with Crippen molar-refractivity contribution in [2.75, 3.05) is 26.4 Å². The van der Waals surface area contributed by atoms with Crippen LogP contribution in [0.4, 0.5) is 0 Å². The zero-order valence-corrected chi connectivity index (χ0v) is 12.9. The minimum absolute atomic E-state index is 0.0918. The van der Waals surface area contributed by atoms with Crippen LogP contribution in [0.5, 0.6) is 11.5 Å². The summed E-state index contributed by atoms with van der Waals surface area (Å²) in [5, 5.41) is 2.74. The molecule has 0 unspecified atom stereocenters. The summed E-state index contributed by atoms with van der Waals surface area (Å²) in [4.78, 5) is 11.4. The van der Waals surface area contributed by atoms with E-state index in [-0.39, 0.29) is 18.1 Å². The number of ether oxygens (including phenoxy) is 3. The van der Waals surface area contributed by atoms with Crippen LogP contribution in [0, 0.1) is 0 Å².